The van der Waals surface area contributed by atoms with Crippen molar-refractivity contribution in [2.75, 3.05) is 6.54 Å². The molecule has 1 aromatic rings. The molecule has 0 aliphatic carbocycles. The van der Waals surface area contributed by atoms with Crippen molar-refractivity contribution in [3.05, 3.63) is 21.3 Å². The van der Waals surface area contributed by atoms with Crippen LogP contribution in [0, 0.1) is 0 Å². The van der Waals surface area contributed by atoms with E-state index in [0.717, 1.165) is 30.7 Å². The van der Waals surface area contributed by atoms with Crippen LogP contribution >= 0.6 is 22.9 Å². The lowest BCUT2D eigenvalue weighted by Crippen LogP contribution is -2.37. The van der Waals surface area contributed by atoms with Gasteiger partial charge in [0.15, 0.2) is 0 Å². The normalized spacial score (nSPS) is 24.9. The van der Waals surface area contributed by atoms with E-state index in [0.29, 0.717) is 4.34 Å². The maximum Gasteiger partial charge on any atom is 0.149 e. The highest BCUT2D eigenvalue weighted by atomic mass is 35.5. The van der Waals surface area contributed by atoms with Crippen molar-refractivity contribution >= 4 is 22.9 Å². The summed E-state index contributed by atoms with van der Waals surface area (Å²) in [5.41, 5.74) is 0. The van der Waals surface area contributed by atoms with E-state index < -0.39 is 6.17 Å². The minimum atomic E-state index is -0.896. The van der Waals surface area contributed by atoms with Gasteiger partial charge in [-0.3, -0.25) is 0 Å². The van der Waals surface area contributed by atoms with E-state index in [9.17, 15) is 4.39 Å². The first-order chi connectivity index (χ1) is 6.77. The summed E-state index contributed by atoms with van der Waals surface area (Å²) in [6.45, 7) is 0.935. The summed E-state index contributed by atoms with van der Waals surface area (Å²) in [5, 5.41) is 3.22. The third kappa shape index (κ3) is 2.27. The average Bonchev–Trinajstić information content (AvgIpc) is 2.65. The van der Waals surface area contributed by atoms with Crippen LogP contribution in [0.1, 0.15) is 30.3 Å². The van der Waals surface area contributed by atoms with Crippen molar-refractivity contribution in [3.63, 3.8) is 0 Å². The number of rotatable bonds is 2. The van der Waals surface area contributed by atoms with E-state index in [1.54, 1.807) is 12.1 Å². The van der Waals surface area contributed by atoms with Crippen molar-refractivity contribution < 1.29 is 4.39 Å². The molecule has 2 unspecified atom stereocenters. The molecule has 2 atom stereocenters. The van der Waals surface area contributed by atoms with E-state index in [-0.39, 0.29) is 6.04 Å². The van der Waals surface area contributed by atoms with E-state index in [2.05, 4.69) is 5.32 Å². The molecular weight excluding hydrogens is 221 g/mol. The third-order valence-electron chi connectivity index (χ3n) is 2.57. The molecule has 1 fully saturated rings. The molecule has 0 saturated carbocycles. The van der Waals surface area contributed by atoms with Crippen LogP contribution in [0.2, 0.25) is 4.34 Å². The monoisotopic (exact) mass is 233 g/mol. The summed E-state index contributed by atoms with van der Waals surface area (Å²) in [6, 6.07) is 3.53. The Morgan fingerprint density at radius 2 is 2.36 bits per heavy atom. The Balaban J connectivity index is 2.03. The number of piperidine rings is 1. The number of alkyl halides is 1. The molecule has 4 heteroatoms. The summed E-state index contributed by atoms with van der Waals surface area (Å²) < 4.78 is 14.6. The van der Waals surface area contributed by atoms with Crippen molar-refractivity contribution in [1.82, 2.24) is 5.32 Å². The van der Waals surface area contributed by atoms with Gasteiger partial charge in [0.25, 0.3) is 0 Å². The quantitative estimate of drug-likeness (QED) is 0.824. The Morgan fingerprint density at radius 1 is 1.50 bits per heavy atom. The summed E-state index contributed by atoms with van der Waals surface area (Å²) in [4.78, 5) is 0.745. The molecule has 1 saturated heterocycles. The van der Waals surface area contributed by atoms with E-state index >= 15 is 0 Å². The van der Waals surface area contributed by atoms with Gasteiger partial charge in [-0.2, -0.15) is 0 Å². The minimum Gasteiger partial charge on any atom is -0.311 e. The van der Waals surface area contributed by atoms with Gasteiger partial charge < -0.3 is 5.32 Å². The molecule has 0 radical (unpaired) electrons. The van der Waals surface area contributed by atoms with Crippen LogP contribution in [0.15, 0.2) is 12.1 Å². The Hall–Kier alpha value is -0.120. The molecule has 2 heterocycles. The smallest absolute Gasteiger partial charge is 0.149 e. The van der Waals surface area contributed by atoms with Gasteiger partial charge in [0.2, 0.25) is 0 Å². The lowest BCUT2D eigenvalue weighted by atomic mass is 10.00. The Bertz CT molecular complexity index is 296. The zero-order valence-electron chi connectivity index (χ0n) is 7.80. The fraction of sp³-hybridized carbons (Fsp3) is 0.600. The number of halogens is 2. The van der Waals surface area contributed by atoms with Crippen molar-refractivity contribution in [1.29, 1.82) is 0 Å². The second kappa shape index (κ2) is 4.60. The Kier molecular flexibility index (Phi) is 3.42. The molecule has 14 heavy (non-hydrogen) atoms. The van der Waals surface area contributed by atoms with E-state index in [4.69, 9.17) is 11.6 Å². The Morgan fingerprint density at radius 3 is 2.93 bits per heavy atom. The lowest BCUT2D eigenvalue weighted by Gasteiger charge is -2.25. The van der Waals surface area contributed by atoms with Crippen molar-refractivity contribution in [2.45, 2.75) is 31.5 Å². The number of thiophene rings is 1. The van der Waals surface area contributed by atoms with Crippen LogP contribution in [-0.2, 0) is 0 Å². The van der Waals surface area contributed by atoms with Crippen LogP contribution in [0.5, 0.6) is 0 Å². The second-order valence-corrected chi connectivity index (χ2v) is 5.35. The van der Waals surface area contributed by atoms with E-state index in [1.807, 2.05) is 0 Å². The zero-order valence-corrected chi connectivity index (χ0v) is 9.37. The molecule has 1 aliphatic heterocycles. The van der Waals surface area contributed by atoms with Crippen LogP contribution in [0.3, 0.4) is 0 Å². The van der Waals surface area contributed by atoms with Gasteiger partial charge in [-0.15, -0.1) is 11.3 Å². The maximum absolute atomic E-state index is 13.9. The topological polar surface area (TPSA) is 12.0 Å². The van der Waals surface area contributed by atoms with Gasteiger partial charge in [0.05, 0.1) is 4.34 Å². The zero-order chi connectivity index (χ0) is 9.97. The highest BCUT2D eigenvalue weighted by Gasteiger charge is 2.25. The first-order valence-corrected chi connectivity index (χ1v) is 6.09. The fourth-order valence-corrected chi connectivity index (χ4v) is 2.91. The van der Waals surface area contributed by atoms with Crippen LogP contribution < -0.4 is 5.32 Å². The van der Waals surface area contributed by atoms with Gasteiger partial charge in [-0.25, -0.2) is 4.39 Å². The molecule has 2 rings (SSSR count). The summed E-state index contributed by atoms with van der Waals surface area (Å²) in [5.74, 6) is 0. The molecule has 0 aromatic carbocycles. The van der Waals surface area contributed by atoms with Crippen LogP contribution in [0.4, 0.5) is 4.39 Å². The average molecular weight is 234 g/mol. The van der Waals surface area contributed by atoms with Gasteiger partial charge >= 0.3 is 0 Å². The van der Waals surface area contributed by atoms with Gasteiger partial charge in [-0.05, 0) is 31.5 Å². The molecule has 1 N–H and O–H groups in total. The highest BCUT2D eigenvalue weighted by molar-refractivity contribution is 7.16. The number of hydrogen-bond donors (Lipinski definition) is 1. The first kappa shape index (κ1) is 10.4. The molecule has 1 aromatic heterocycles. The summed E-state index contributed by atoms with van der Waals surface area (Å²) >= 11 is 7.11. The standard InChI is InChI=1S/C10H13ClFNS/c11-9-5-4-8(14-9)10(12)7-3-1-2-6-13-7/h4-5,7,10,13H,1-3,6H2. The molecule has 1 aliphatic rings. The lowest BCUT2D eigenvalue weighted by molar-refractivity contribution is 0.225. The van der Waals surface area contributed by atoms with Crippen molar-refractivity contribution in [2.24, 2.45) is 0 Å². The largest absolute Gasteiger partial charge is 0.311 e. The number of nitrogens with one attached hydrogen (secondary N) is 1. The Labute approximate surface area is 92.3 Å². The first-order valence-electron chi connectivity index (χ1n) is 4.90. The predicted octanol–water partition coefficient (Wildman–Crippen LogP) is 3.55. The summed E-state index contributed by atoms with van der Waals surface area (Å²) in [7, 11) is 0. The number of hydrogen-bond acceptors (Lipinski definition) is 2. The van der Waals surface area contributed by atoms with Gasteiger partial charge in [0, 0.05) is 10.9 Å². The van der Waals surface area contributed by atoms with Crippen molar-refractivity contribution in [3.8, 4) is 0 Å². The van der Waals surface area contributed by atoms with Gasteiger partial charge in [-0.1, -0.05) is 18.0 Å². The van der Waals surface area contributed by atoms with Gasteiger partial charge in [0.1, 0.15) is 6.17 Å². The molecule has 0 amide bonds. The minimum absolute atomic E-state index is 0.0153. The molecular formula is C10H13ClFNS. The SMILES string of the molecule is FC(c1ccc(Cl)s1)C1CCCCN1. The molecule has 0 bridgehead atoms. The molecule has 78 valence electrons. The summed E-state index contributed by atoms with van der Waals surface area (Å²) in [6.07, 6.45) is 2.32. The molecule has 1 nitrogen and oxygen atoms in total. The van der Waals surface area contributed by atoms with Crippen LogP contribution in [-0.4, -0.2) is 12.6 Å². The van der Waals surface area contributed by atoms with Crippen LogP contribution in [0.25, 0.3) is 0 Å². The second-order valence-electron chi connectivity index (χ2n) is 3.60. The highest BCUT2D eigenvalue weighted by Crippen LogP contribution is 2.33. The molecule has 0 spiro atoms. The predicted molar refractivity (Wildman–Crippen MR) is 58.8 cm³/mol. The fourth-order valence-electron chi connectivity index (χ4n) is 1.80. The maximum atomic E-state index is 13.9. The van der Waals surface area contributed by atoms with E-state index in [1.165, 1.54) is 11.3 Å². The third-order valence-corrected chi connectivity index (χ3v) is 3.85.